The maximum Gasteiger partial charge on any atom is 0.242 e. The summed E-state index contributed by atoms with van der Waals surface area (Å²) in [6.45, 7) is 4.66. The summed E-state index contributed by atoms with van der Waals surface area (Å²) in [5.74, 6) is 0.759. The van der Waals surface area contributed by atoms with E-state index in [1.165, 1.54) is 0 Å². The average molecular weight is 430 g/mol. The molecule has 1 atom stereocenters. The first-order valence-corrected chi connectivity index (χ1v) is 10.8. The lowest BCUT2D eigenvalue weighted by Crippen LogP contribution is -2.38. The van der Waals surface area contributed by atoms with Crippen molar-refractivity contribution in [1.82, 2.24) is 24.9 Å². The summed E-state index contributed by atoms with van der Waals surface area (Å²) in [5.41, 5.74) is 4.14. The van der Waals surface area contributed by atoms with E-state index in [1.807, 2.05) is 65.6 Å². The SMILES string of the molecule is COc1ccc(-n2ncc3c2CC(C)(C)C[C@@H]3NC(=O)Cn2cc3ccccc3n2)cc1. The molecule has 2 heterocycles. The highest BCUT2D eigenvalue weighted by Crippen LogP contribution is 2.41. The van der Waals surface area contributed by atoms with Crippen molar-refractivity contribution in [2.24, 2.45) is 5.41 Å². The molecule has 0 spiro atoms. The highest BCUT2D eigenvalue weighted by Gasteiger charge is 2.36. The number of aromatic nitrogens is 4. The van der Waals surface area contributed by atoms with Crippen LogP contribution in [-0.4, -0.2) is 32.6 Å². The first kappa shape index (κ1) is 20.3. The maximum atomic E-state index is 12.9. The van der Waals surface area contributed by atoms with Crippen LogP contribution >= 0.6 is 0 Å². The second kappa shape index (κ2) is 7.82. The Bertz CT molecular complexity index is 1240. The summed E-state index contributed by atoms with van der Waals surface area (Å²) in [4.78, 5) is 12.9. The number of nitrogens with one attached hydrogen (secondary N) is 1. The Hall–Kier alpha value is -3.61. The van der Waals surface area contributed by atoms with Crippen molar-refractivity contribution in [2.45, 2.75) is 39.3 Å². The molecular weight excluding hydrogens is 402 g/mol. The zero-order valence-corrected chi connectivity index (χ0v) is 18.6. The Balaban J connectivity index is 1.39. The number of nitrogens with zero attached hydrogens (tertiary/aromatic N) is 4. The molecule has 0 radical (unpaired) electrons. The number of benzene rings is 2. The third-order valence-corrected chi connectivity index (χ3v) is 6.10. The fourth-order valence-electron chi connectivity index (χ4n) is 4.60. The molecule has 4 aromatic rings. The molecule has 5 rings (SSSR count). The van der Waals surface area contributed by atoms with Crippen molar-refractivity contribution >= 4 is 16.8 Å². The molecule has 164 valence electrons. The molecule has 7 heteroatoms. The van der Waals surface area contributed by atoms with Crippen LogP contribution in [0.15, 0.2) is 60.9 Å². The quantitative estimate of drug-likeness (QED) is 0.519. The maximum absolute atomic E-state index is 12.9. The van der Waals surface area contributed by atoms with Gasteiger partial charge in [0.1, 0.15) is 12.3 Å². The number of hydrogen-bond donors (Lipinski definition) is 1. The van der Waals surface area contributed by atoms with Crippen LogP contribution in [0.4, 0.5) is 0 Å². The first-order chi connectivity index (χ1) is 15.4. The number of fused-ring (bicyclic) bond motifs is 2. The van der Waals surface area contributed by atoms with E-state index in [9.17, 15) is 4.79 Å². The van der Waals surface area contributed by atoms with Gasteiger partial charge in [-0.15, -0.1) is 0 Å². The van der Waals surface area contributed by atoms with E-state index in [1.54, 1.807) is 11.8 Å². The molecule has 1 aliphatic carbocycles. The molecule has 0 bridgehead atoms. The molecule has 1 N–H and O–H groups in total. The van der Waals surface area contributed by atoms with Gasteiger partial charge in [0.2, 0.25) is 5.91 Å². The van der Waals surface area contributed by atoms with Gasteiger partial charge < -0.3 is 10.1 Å². The molecule has 2 aromatic carbocycles. The first-order valence-electron chi connectivity index (χ1n) is 10.8. The number of rotatable bonds is 5. The van der Waals surface area contributed by atoms with Crippen molar-refractivity contribution in [2.75, 3.05) is 7.11 Å². The van der Waals surface area contributed by atoms with Crippen LogP contribution < -0.4 is 10.1 Å². The highest BCUT2D eigenvalue weighted by molar-refractivity contribution is 5.80. The summed E-state index contributed by atoms with van der Waals surface area (Å²) in [7, 11) is 1.66. The number of methoxy groups -OCH3 is 1. The molecule has 0 fully saturated rings. The van der Waals surface area contributed by atoms with E-state index in [-0.39, 0.29) is 23.9 Å². The zero-order chi connectivity index (χ0) is 22.3. The Labute approximate surface area is 187 Å². The third kappa shape index (κ3) is 3.86. The second-order valence-electron chi connectivity index (χ2n) is 9.21. The van der Waals surface area contributed by atoms with Gasteiger partial charge in [0.05, 0.1) is 36.2 Å². The number of ether oxygens (including phenoxy) is 1. The van der Waals surface area contributed by atoms with Crippen LogP contribution in [0.3, 0.4) is 0 Å². The van der Waals surface area contributed by atoms with Crippen LogP contribution in [0.2, 0.25) is 0 Å². The topological polar surface area (TPSA) is 74.0 Å². The predicted molar refractivity (Wildman–Crippen MR) is 123 cm³/mol. The molecule has 32 heavy (non-hydrogen) atoms. The van der Waals surface area contributed by atoms with Crippen molar-refractivity contribution in [3.05, 3.63) is 72.2 Å². The lowest BCUT2D eigenvalue weighted by Gasteiger charge is -2.36. The third-order valence-electron chi connectivity index (χ3n) is 6.10. The van der Waals surface area contributed by atoms with Gasteiger partial charge >= 0.3 is 0 Å². The Morgan fingerprint density at radius 2 is 1.97 bits per heavy atom. The highest BCUT2D eigenvalue weighted by atomic mass is 16.5. The number of amides is 1. The molecule has 0 aliphatic heterocycles. The molecular formula is C25H27N5O2. The summed E-state index contributed by atoms with van der Waals surface area (Å²) in [5, 5.41) is 13.4. The van der Waals surface area contributed by atoms with Gasteiger partial charge in [0, 0.05) is 17.1 Å². The van der Waals surface area contributed by atoms with Gasteiger partial charge in [-0.3, -0.25) is 9.48 Å². The smallest absolute Gasteiger partial charge is 0.242 e. The Morgan fingerprint density at radius 1 is 1.19 bits per heavy atom. The largest absolute Gasteiger partial charge is 0.497 e. The van der Waals surface area contributed by atoms with Crippen LogP contribution in [0, 0.1) is 5.41 Å². The fraction of sp³-hybridized carbons (Fsp3) is 0.320. The van der Waals surface area contributed by atoms with Gasteiger partial charge in [-0.25, -0.2) is 4.68 Å². The van der Waals surface area contributed by atoms with E-state index in [0.717, 1.165) is 46.4 Å². The standard InChI is InChI=1S/C25H27N5O2/c1-25(2)12-22(27-24(31)16-29-15-17-6-4-5-7-21(17)28-29)20-14-26-30(23(20)13-25)18-8-10-19(32-3)11-9-18/h4-11,14-15,22H,12-13,16H2,1-3H3,(H,27,31)/t22-/m0/s1. The lowest BCUT2D eigenvalue weighted by molar-refractivity contribution is -0.122. The minimum atomic E-state index is -0.0850. The monoisotopic (exact) mass is 429 g/mol. The average Bonchev–Trinajstić information content (AvgIpc) is 3.36. The molecule has 1 amide bonds. The van der Waals surface area contributed by atoms with E-state index in [2.05, 4.69) is 29.4 Å². The van der Waals surface area contributed by atoms with E-state index in [4.69, 9.17) is 4.74 Å². The molecule has 0 saturated heterocycles. The second-order valence-corrected chi connectivity index (χ2v) is 9.21. The number of carbonyl (C=O) groups excluding carboxylic acids is 1. The van der Waals surface area contributed by atoms with Gasteiger partial charge in [-0.1, -0.05) is 32.0 Å². The molecule has 0 unspecified atom stereocenters. The predicted octanol–water partition coefficient (Wildman–Crippen LogP) is 4.06. The Morgan fingerprint density at radius 3 is 2.72 bits per heavy atom. The van der Waals surface area contributed by atoms with Crippen LogP contribution in [0.25, 0.3) is 16.6 Å². The molecule has 2 aromatic heterocycles. The van der Waals surface area contributed by atoms with Crippen molar-refractivity contribution in [3.8, 4) is 11.4 Å². The fourth-order valence-corrected chi connectivity index (χ4v) is 4.60. The zero-order valence-electron chi connectivity index (χ0n) is 18.6. The van der Waals surface area contributed by atoms with Gasteiger partial charge in [-0.2, -0.15) is 10.2 Å². The van der Waals surface area contributed by atoms with E-state index < -0.39 is 0 Å². The molecule has 1 aliphatic rings. The van der Waals surface area contributed by atoms with E-state index in [0.29, 0.717) is 0 Å². The van der Waals surface area contributed by atoms with Gasteiger partial charge in [0.25, 0.3) is 0 Å². The molecule has 7 nitrogen and oxygen atoms in total. The number of hydrogen-bond acceptors (Lipinski definition) is 4. The van der Waals surface area contributed by atoms with Gasteiger partial charge in [0.15, 0.2) is 0 Å². The van der Waals surface area contributed by atoms with E-state index >= 15 is 0 Å². The Kier molecular flexibility index (Phi) is 4.96. The van der Waals surface area contributed by atoms with Crippen molar-refractivity contribution in [3.63, 3.8) is 0 Å². The minimum Gasteiger partial charge on any atom is -0.497 e. The lowest BCUT2D eigenvalue weighted by atomic mass is 9.74. The van der Waals surface area contributed by atoms with Crippen LogP contribution in [0.5, 0.6) is 5.75 Å². The summed E-state index contributed by atoms with van der Waals surface area (Å²) < 4.78 is 8.96. The van der Waals surface area contributed by atoms with Crippen LogP contribution in [-0.2, 0) is 17.8 Å². The summed E-state index contributed by atoms with van der Waals surface area (Å²) >= 11 is 0. The van der Waals surface area contributed by atoms with Gasteiger partial charge in [-0.05, 0) is 48.6 Å². The van der Waals surface area contributed by atoms with Crippen LogP contribution in [0.1, 0.15) is 37.6 Å². The minimum absolute atomic E-state index is 0.0373. The van der Waals surface area contributed by atoms with Crippen molar-refractivity contribution in [1.29, 1.82) is 0 Å². The van der Waals surface area contributed by atoms with Crippen molar-refractivity contribution < 1.29 is 9.53 Å². The molecule has 0 saturated carbocycles. The summed E-state index contributed by atoms with van der Waals surface area (Å²) in [6, 6.07) is 15.7. The summed E-state index contributed by atoms with van der Waals surface area (Å²) in [6.07, 6.45) is 5.56. The normalized spacial score (nSPS) is 17.2. The number of carbonyl (C=O) groups is 1.